The van der Waals surface area contributed by atoms with E-state index >= 15 is 8.78 Å². The number of fused-ring (bicyclic) bond motifs is 4. The van der Waals surface area contributed by atoms with Crippen LogP contribution in [0.15, 0.2) is 23.8 Å². The van der Waals surface area contributed by atoms with E-state index in [9.17, 15) is 37.5 Å². The lowest BCUT2D eigenvalue weighted by molar-refractivity contribution is -0.138. The van der Waals surface area contributed by atoms with Gasteiger partial charge in [0.05, 0.1) is 26.1 Å². The molecule has 6 rings (SSSR count). The highest BCUT2D eigenvalue weighted by Crippen LogP contribution is 2.67. The highest BCUT2D eigenvalue weighted by Gasteiger charge is 2.77. The molecule has 4 aliphatic rings. The molecule has 238 valence electrons. The number of amides is 4. The second-order valence-electron chi connectivity index (χ2n) is 11.2. The van der Waals surface area contributed by atoms with Gasteiger partial charge in [-0.1, -0.05) is 11.6 Å². The number of alkyl halides is 2. The Kier molecular flexibility index (Phi) is 6.94. The fourth-order valence-electron chi connectivity index (χ4n) is 7.21. The third kappa shape index (κ3) is 3.72. The minimum absolute atomic E-state index is 0.0348. The number of hydrogen-bond acceptors (Lipinski definition) is 7. The summed E-state index contributed by atoms with van der Waals surface area (Å²) in [5.74, 6) is -22.4. The van der Waals surface area contributed by atoms with E-state index in [1.165, 1.54) is 33.4 Å². The Hall–Kier alpha value is -3.91. The molecule has 2 aliphatic carbocycles. The Morgan fingerprint density at radius 3 is 2.04 bits per heavy atom. The molecule has 6 unspecified atom stereocenters. The normalized spacial score (nSPS) is 30.8. The Morgan fingerprint density at radius 1 is 0.867 bits per heavy atom. The minimum Gasteiger partial charge on any atom is -0.507 e. The zero-order valence-corrected chi connectivity index (χ0v) is 24.9. The lowest BCUT2D eigenvalue weighted by Gasteiger charge is -2.50. The van der Waals surface area contributed by atoms with Crippen LogP contribution >= 0.6 is 23.2 Å². The van der Waals surface area contributed by atoms with E-state index in [1.54, 1.807) is 0 Å². The summed E-state index contributed by atoms with van der Waals surface area (Å²) < 4.78 is 83.4. The summed E-state index contributed by atoms with van der Waals surface area (Å²) in [7, 11) is 3.73. The van der Waals surface area contributed by atoms with Crippen molar-refractivity contribution in [3.05, 3.63) is 58.4 Å². The van der Waals surface area contributed by atoms with Gasteiger partial charge in [0.2, 0.25) is 17.6 Å². The number of phenolic OH excluding ortho intramolecular Hbond substituents is 1. The summed E-state index contributed by atoms with van der Waals surface area (Å²) in [5.41, 5.74) is -1.99. The molecular weight excluding hydrogens is 654 g/mol. The van der Waals surface area contributed by atoms with E-state index in [0.717, 1.165) is 11.0 Å². The number of nitrogens with zero attached hydrogens (tertiary/aromatic N) is 2. The van der Waals surface area contributed by atoms with Gasteiger partial charge in [0.25, 0.3) is 11.8 Å². The summed E-state index contributed by atoms with van der Waals surface area (Å²) >= 11 is 14.1. The highest BCUT2D eigenvalue weighted by atomic mass is 35.5. The zero-order valence-electron chi connectivity index (χ0n) is 23.4. The third-order valence-corrected chi connectivity index (χ3v) is 10.7. The average molecular weight is 675 g/mol. The first-order chi connectivity index (χ1) is 21.1. The van der Waals surface area contributed by atoms with Gasteiger partial charge in [-0.3, -0.25) is 24.1 Å². The number of hydrogen-bond donors (Lipinski definition) is 1. The van der Waals surface area contributed by atoms with Crippen molar-refractivity contribution in [2.45, 2.75) is 28.5 Å². The van der Waals surface area contributed by atoms with Gasteiger partial charge in [0.15, 0.2) is 33.0 Å². The molecule has 0 radical (unpaired) electrons. The fourth-order valence-corrected chi connectivity index (χ4v) is 8.12. The summed E-state index contributed by atoms with van der Waals surface area (Å²) in [6.45, 7) is 0. The molecule has 2 aromatic rings. The smallest absolute Gasteiger partial charge is 0.258 e. The number of halogens is 7. The van der Waals surface area contributed by atoms with Gasteiger partial charge < -0.3 is 14.6 Å². The molecule has 2 heterocycles. The van der Waals surface area contributed by atoms with E-state index in [0.29, 0.717) is 0 Å². The summed E-state index contributed by atoms with van der Waals surface area (Å²) in [5, 5.41) is 11.3. The number of carbonyl (C=O) groups is 4. The van der Waals surface area contributed by atoms with Crippen LogP contribution in [0.25, 0.3) is 0 Å². The Balaban J connectivity index is 1.66. The number of imide groups is 2. The monoisotopic (exact) mass is 674 g/mol. The lowest BCUT2D eigenvalue weighted by Crippen LogP contribution is -2.60. The highest BCUT2D eigenvalue weighted by molar-refractivity contribution is 6.58. The van der Waals surface area contributed by atoms with Gasteiger partial charge in [-0.25, -0.2) is 26.9 Å². The van der Waals surface area contributed by atoms with Crippen LogP contribution in [0.3, 0.4) is 0 Å². The number of allylic oxidation sites excluding steroid dienone is 2. The standard InChI is InChI=1S/C29H21Cl2F5N2O7/c1-37-24(40)11-5-4-10-12(15(11)25(37)41)8-28(30)26(42)38(23-21(35)19(33)18(32)20(34)22(23)36)27(43)29(28,31)17(10)16-13(39)6-9(44-2)7-14(16)45-3/h4,6-7,11-12,15,17,39H,5,8H2,1-3H3. The van der Waals surface area contributed by atoms with Gasteiger partial charge in [-0.05, 0) is 18.8 Å². The number of phenols is 1. The van der Waals surface area contributed by atoms with E-state index in [4.69, 9.17) is 32.7 Å². The van der Waals surface area contributed by atoms with Crippen molar-refractivity contribution in [3.8, 4) is 17.2 Å². The predicted molar refractivity (Wildman–Crippen MR) is 145 cm³/mol. The molecule has 0 bridgehead atoms. The van der Waals surface area contributed by atoms with Crippen LogP contribution < -0.4 is 14.4 Å². The summed E-state index contributed by atoms with van der Waals surface area (Å²) in [4.78, 5) is 49.8. The molecule has 16 heteroatoms. The Bertz CT molecular complexity index is 1760. The molecule has 45 heavy (non-hydrogen) atoms. The van der Waals surface area contributed by atoms with Crippen molar-refractivity contribution in [2.75, 3.05) is 26.2 Å². The first-order valence-electron chi connectivity index (χ1n) is 13.3. The van der Waals surface area contributed by atoms with Crippen LogP contribution in [-0.4, -0.2) is 64.7 Å². The second-order valence-corrected chi connectivity index (χ2v) is 12.4. The minimum atomic E-state index is -2.81. The van der Waals surface area contributed by atoms with Gasteiger partial charge in [0, 0.05) is 30.7 Å². The molecule has 3 fully saturated rings. The quantitative estimate of drug-likeness (QED) is 0.129. The van der Waals surface area contributed by atoms with Crippen LogP contribution in [0.2, 0.25) is 0 Å². The molecule has 4 amide bonds. The molecule has 0 aromatic heterocycles. The zero-order chi connectivity index (χ0) is 33.1. The SMILES string of the molecule is COc1cc(O)c(C2C3=CCC4C(=O)N(C)C(=O)C4C3CC3(Cl)C(=O)N(c4c(F)c(F)c(F)c(F)c4F)C(=O)C23Cl)c(OC)c1. The van der Waals surface area contributed by atoms with Crippen molar-refractivity contribution in [3.63, 3.8) is 0 Å². The lowest BCUT2D eigenvalue weighted by atomic mass is 9.56. The largest absolute Gasteiger partial charge is 0.507 e. The molecular formula is C29H21Cl2F5N2O7. The van der Waals surface area contributed by atoms with E-state index in [-0.39, 0.29) is 34.0 Å². The van der Waals surface area contributed by atoms with Crippen molar-refractivity contribution >= 4 is 52.5 Å². The molecule has 0 spiro atoms. The van der Waals surface area contributed by atoms with Gasteiger partial charge in [0.1, 0.15) is 22.9 Å². The first kappa shape index (κ1) is 31.1. The number of aromatic hydroxyl groups is 1. The molecule has 9 nitrogen and oxygen atoms in total. The van der Waals surface area contributed by atoms with Crippen LogP contribution in [0.1, 0.15) is 24.3 Å². The molecule has 2 aromatic carbocycles. The van der Waals surface area contributed by atoms with Crippen molar-refractivity contribution in [1.82, 2.24) is 4.90 Å². The number of methoxy groups -OCH3 is 2. The van der Waals surface area contributed by atoms with Gasteiger partial charge >= 0.3 is 0 Å². The van der Waals surface area contributed by atoms with Crippen LogP contribution in [0.5, 0.6) is 17.2 Å². The Morgan fingerprint density at radius 2 is 1.47 bits per heavy atom. The molecule has 2 aliphatic heterocycles. The number of anilines is 1. The summed E-state index contributed by atoms with van der Waals surface area (Å²) in [6.07, 6.45) is 0.806. The molecule has 1 N–H and O–H groups in total. The van der Waals surface area contributed by atoms with E-state index in [1.807, 2.05) is 0 Å². The molecule has 2 saturated heterocycles. The third-order valence-electron chi connectivity index (χ3n) is 9.28. The maximum atomic E-state index is 15.1. The maximum absolute atomic E-state index is 15.1. The van der Waals surface area contributed by atoms with Crippen molar-refractivity contribution < 1.29 is 55.7 Å². The van der Waals surface area contributed by atoms with Crippen LogP contribution in [0.4, 0.5) is 27.6 Å². The number of likely N-dealkylation sites (tertiary alicyclic amines) is 1. The number of carbonyl (C=O) groups excluding carboxylic acids is 4. The maximum Gasteiger partial charge on any atom is 0.258 e. The molecule has 6 atom stereocenters. The fraction of sp³-hybridized carbons (Fsp3) is 0.379. The number of rotatable bonds is 4. The summed E-state index contributed by atoms with van der Waals surface area (Å²) in [6, 6.07) is 2.41. The first-order valence-corrected chi connectivity index (χ1v) is 14.1. The predicted octanol–water partition coefficient (Wildman–Crippen LogP) is 4.30. The van der Waals surface area contributed by atoms with E-state index < -0.39 is 104 Å². The van der Waals surface area contributed by atoms with Crippen LogP contribution in [-0.2, 0) is 19.2 Å². The van der Waals surface area contributed by atoms with Crippen LogP contribution in [0, 0.1) is 46.8 Å². The van der Waals surface area contributed by atoms with Gasteiger partial charge in [-0.15, -0.1) is 23.2 Å². The van der Waals surface area contributed by atoms with Crippen molar-refractivity contribution in [1.29, 1.82) is 0 Å². The molecule has 1 saturated carbocycles. The number of ether oxygens (including phenoxy) is 2. The topological polar surface area (TPSA) is 113 Å². The van der Waals surface area contributed by atoms with Gasteiger partial charge in [-0.2, -0.15) is 0 Å². The number of benzene rings is 2. The second kappa shape index (κ2) is 10.0. The van der Waals surface area contributed by atoms with E-state index in [2.05, 4.69) is 0 Å². The Labute approximate surface area is 261 Å². The average Bonchev–Trinajstić information content (AvgIpc) is 3.32. The van der Waals surface area contributed by atoms with Crippen molar-refractivity contribution in [2.24, 2.45) is 17.8 Å².